The second-order valence-corrected chi connectivity index (χ2v) is 11.3. The van der Waals surface area contributed by atoms with Crippen molar-refractivity contribution in [2.24, 2.45) is 4.99 Å². The van der Waals surface area contributed by atoms with Gasteiger partial charge in [-0.05, 0) is 45.2 Å². The molecule has 10 heteroatoms. The molecule has 0 atom stereocenters. The zero-order valence-corrected chi connectivity index (χ0v) is 20.6. The van der Waals surface area contributed by atoms with Crippen LogP contribution in [0.2, 0.25) is 0 Å². The van der Waals surface area contributed by atoms with Crippen LogP contribution in [-0.2, 0) is 21.4 Å². The number of aliphatic imine (C=N–C) groups is 1. The van der Waals surface area contributed by atoms with E-state index in [1.807, 2.05) is 11.8 Å². The third-order valence-electron chi connectivity index (χ3n) is 5.87. The van der Waals surface area contributed by atoms with Crippen LogP contribution in [0.5, 0.6) is 0 Å². The fourth-order valence-electron chi connectivity index (χ4n) is 3.69. The standard InChI is InChI=1S/C20H28F3N3O2S.HI/c1-4-24-17(26-10-11-29(27,28)18(2,3)14-26)25-13-19(8-9-19)15-6-5-7-16(12-15)20(21,22)23;/h5-7,12H,4,8-11,13-14H2,1-3H3,(H,24,25);1H. The summed E-state index contributed by atoms with van der Waals surface area (Å²) < 4.78 is 62.9. The van der Waals surface area contributed by atoms with Crippen LogP contribution in [0.15, 0.2) is 29.3 Å². The first-order valence-corrected chi connectivity index (χ1v) is 11.5. The van der Waals surface area contributed by atoms with Gasteiger partial charge in [0.2, 0.25) is 0 Å². The molecule has 0 aromatic heterocycles. The number of benzene rings is 1. The molecule has 1 saturated heterocycles. The van der Waals surface area contributed by atoms with Crippen LogP contribution in [0.25, 0.3) is 0 Å². The number of nitrogens with zero attached hydrogens (tertiary/aromatic N) is 2. The predicted molar refractivity (Wildman–Crippen MR) is 123 cm³/mol. The Kier molecular flexibility index (Phi) is 7.43. The van der Waals surface area contributed by atoms with Crippen LogP contribution in [0.4, 0.5) is 13.2 Å². The Labute approximate surface area is 193 Å². The molecule has 5 nitrogen and oxygen atoms in total. The van der Waals surface area contributed by atoms with Crippen molar-refractivity contribution < 1.29 is 21.6 Å². The van der Waals surface area contributed by atoms with Gasteiger partial charge >= 0.3 is 6.18 Å². The first-order valence-electron chi connectivity index (χ1n) is 9.84. The maximum absolute atomic E-state index is 13.1. The molecule has 2 aliphatic rings. The monoisotopic (exact) mass is 559 g/mol. The molecule has 1 N–H and O–H groups in total. The van der Waals surface area contributed by atoms with Gasteiger partial charge in [-0.15, -0.1) is 24.0 Å². The smallest absolute Gasteiger partial charge is 0.357 e. The average Bonchev–Trinajstić information content (AvgIpc) is 3.42. The Morgan fingerprint density at radius 1 is 1.27 bits per heavy atom. The molecular weight excluding hydrogens is 530 g/mol. The SMILES string of the molecule is CCNC(=NCC1(c2cccc(C(F)(F)F)c2)CC1)N1CCS(=O)(=O)C(C)(C)C1.I. The van der Waals surface area contributed by atoms with Gasteiger partial charge in [-0.3, -0.25) is 4.99 Å². The molecule has 0 spiro atoms. The summed E-state index contributed by atoms with van der Waals surface area (Å²) in [7, 11) is -3.17. The van der Waals surface area contributed by atoms with Crippen LogP contribution >= 0.6 is 24.0 Å². The quantitative estimate of drug-likeness (QED) is 0.346. The number of hydrogen-bond acceptors (Lipinski definition) is 3. The van der Waals surface area contributed by atoms with Crippen molar-refractivity contribution in [1.82, 2.24) is 10.2 Å². The van der Waals surface area contributed by atoms with Crippen molar-refractivity contribution in [2.45, 2.75) is 50.0 Å². The van der Waals surface area contributed by atoms with Gasteiger partial charge in [0.15, 0.2) is 15.8 Å². The maximum Gasteiger partial charge on any atom is 0.416 e. The molecule has 30 heavy (non-hydrogen) atoms. The lowest BCUT2D eigenvalue weighted by atomic mass is 9.94. The highest BCUT2D eigenvalue weighted by molar-refractivity contribution is 14.0. The van der Waals surface area contributed by atoms with Crippen molar-refractivity contribution in [3.63, 3.8) is 0 Å². The number of hydrogen-bond donors (Lipinski definition) is 1. The van der Waals surface area contributed by atoms with Crippen LogP contribution in [0.3, 0.4) is 0 Å². The summed E-state index contributed by atoms with van der Waals surface area (Å²) in [4.78, 5) is 6.65. The minimum atomic E-state index is -4.37. The van der Waals surface area contributed by atoms with E-state index in [1.165, 1.54) is 12.1 Å². The Balaban J connectivity index is 0.00000320. The topological polar surface area (TPSA) is 61.8 Å². The van der Waals surface area contributed by atoms with Gasteiger partial charge in [0.1, 0.15) is 0 Å². The molecule has 1 aromatic carbocycles. The average molecular weight is 559 g/mol. The van der Waals surface area contributed by atoms with Crippen LogP contribution in [0, 0.1) is 0 Å². The summed E-state index contributed by atoms with van der Waals surface area (Å²) >= 11 is 0. The van der Waals surface area contributed by atoms with E-state index in [1.54, 1.807) is 19.9 Å². The predicted octanol–water partition coefficient (Wildman–Crippen LogP) is 3.83. The van der Waals surface area contributed by atoms with Gasteiger partial charge in [0.25, 0.3) is 0 Å². The number of nitrogens with one attached hydrogen (secondary N) is 1. The minimum absolute atomic E-state index is 0. The molecule has 1 aliphatic carbocycles. The number of rotatable bonds is 4. The van der Waals surface area contributed by atoms with Crippen molar-refractivity contribution >= 4 is 39.8 Å². The second kappa shape index (κ2) is 8.84. The van der Waals surface area contributed by atoms with E-state index < -0.39 is 26.3 Å². The highest BCUT2D eigenvalue weighted by Crippen LogP contribution is 2.49. The summed E-state index contributed by atoms with van der Waals surface area (Å²) in [6, 6.07) is 5.50. The van der Waals surface area contributed by atoms with Gasteiger partial charge in [0.05, 0.1) is 22.6 Å². The Hall–Kier alpha value is -1.04. The number of sulfone groups is 1. The number of halogens is 4. The molecule has 1 aromatic rings. The van der Waals surface area contributed by atoms with Crippen LogP contribution in [0.1, 0.15) is 44.7 Å². The molecule has 0 bridgehead atoms. The van der Waals surface area contributed by atoms with E-state index in [-0.39, 0.29) is 35.1 Å². The molecule has 0 radical (unpaired) electrons. The van der Waals surface area contributed by atoms with E-state index in [2.05, 4.69) is 5.32 Å². The third-order valence-corrected chi connectivity index (χ3v) is 8.40. The van der Waals surface area contributed by atoms with Gasteiger partial charge in [-0.2, -0.15) is 13.2 Å². The summed E-state index contributed by atoms with van der Waals surface area (Å²) in [5.74, 6) is 0.678. The molecule has 1 saturated carbocycles. The Morgan fingerprint density at radius 2 is 1.93 bits per heavy atom. The molecule has 3 rings (SSSR count). The van der Waals surface area contributed by atoms with Crippen molar-refractivity contribution in [2.75, 3.05) is 31.9 Å². The lowest BCUT2D eigenvalue weighted by Gasteiger charge is -2.39. The highest BCUT2D eigenvalue weighted by Gasteiger charge is 2.46. The molecule has 0 amide bonds. The summed E-state index contributed by atoms with van der Waals surface area (Å²) in [5.41, 5.74) is -0.354. The molecule has 0 unspecified atom stereocenters. The van der Waals surface area contributed by atoms with Crippen molar-refractivity contribution in [1.29, 1.82) is 0 Å². The maximum atomic E-state index is 13.1. The fraction of sp³-hybridized carbons (Fsp3) is 0.650. The van der Waals surface area contributed by atoms with Crippen LogP contribution in [-0.4, -0.2) is 56.0 Å². The molecule has 1 aliphatic heterocycles. The lowest BCUT2D eigenvalue weighted by Crippen LogP contribution is -2.57. The second-order valence-electron chi connectivity index (χ2n) is 8.53. The lowest BCUT2D eigenvalue weighted by molar-refractivity contribution is -0.137. The molecule has 2 fully saturated rings. The molecule has 170 valence electrons. The minimum Gasteiger partial charge on any atom is -0.357 e. The van der Waals surface area contributed by atoms with Gasteiger partial charge in [-0.25, -0.2) is 8.42 Å². The summed E-state index contributed by atoms with van der Waals surface area (Å²) in [6.45, 7) is 7.04. The zero-order chi connectivity index (χ0) is 21.5. The normalized spacial score (nSPS) is 22.2. The third kappa shape index (κ3) is 5.23. The van der Waals surface area contributed by atoms with E-state index in [0.29, 0.717) is 37.7 Å². The van der Waals surface area contributed by atoms with Crippen molar-refractivity contribution in [3.8, 4) is 0 Å². The van der Waals surface area contributed by atoms with Gasteiger partial charge in [-0.1, -0.05) is 18.2 Å². The first-order chi connectivity index (χ1) is 13.4. The fourth-order valence-corrected chi connectivity index (χ4v) is 5.06. The van der Waals surface area contributed by atoms with Crippen molar-refractivity contribution in [3.05, 3.63) is 35.4 Å². The highest BCUT2D eigenvalue weighted by atomic mass is 127. The number of guanidine groups is 1. The van der Waals surface area contributed by atoms with E-state index in [0.717, 1.165) is 18.9 Å². The summed E-state index contributed by atoms with van der Waals surface area (Å²) in [5, 5.41) is 3.21. The largest absolute Gasteiger partial charge is 0.416 e. The zero-order valence-electron chi connectivity index (χ0n) is 17.4. The van der Waals surface area contributed by atoms with E-state index in [9.17, 15) is 21.6 Å². The molecular formula is C20H29F3IN3O2S. The summed E-state index contributed by atoms with van der Waals surface area (Å²) in [6.07, 6.45) is -2.79. The van der Waals surface area contributed by atoms with Gasteiger partial charge < -0.3 is 10.2 Å². The van der Waals surface area contributed by atoms with E-state index >= 15 is 0 Å². The number of alkyl halides is 3. The first kappa shape index (κ1) is 25.2. The Bertz CT molecular complexity index is 897. The molecule has 1 heterocycles. The van der Waals surface area contributed by atoms with Gasteiger partial charge in [0, 0.05) is 25.0 Å². The van der Waals surface area contributed by atoms with Crippen LogP contribution < -0.4 is 5.32 Å². The van der Waals surface area contributed by atoms with E-state index in [4.69, 9.17) is 4.99 Å². The Morgan fingerprint density at radius 3 is 2.47 bits per heavy atom.